The first kappa shape index (κ1) is 13.8. The minimum Gasteiger partial charge on any atom is -0.206 e. The largest absolute Gasteiger partial charge is 0.206 e. The number of aryl methyl sites for hydroxylation is 1. The van der Waals surface area contributed by atoms with Crippen LogP contribution in [0.4, 0.5) is 4.39 Å². The predicted molar refractivity (Wildman–Crippen MR) is 80.7 cm³/mol. The van der Waals surface area contributed by atoms with Crippen LogP contribution in [0.25, 0.3) is 0 Å². The summed E-state index contributed by atoms with van der Waals surface area (Å²) >= 11 is 6.94. The first-order chi connectivity index (χ1) is 8.58. The van der Waals surface area contributed by atoms with E-state index < -0.39 is 0 Å². The maximum absolute atomic E-state index is 13.5. The Hall–Kier alpha value is -0.670. The quantitative estimate of drug-likeness (QED) is 0.618. The summed E-state index contributed by atoms with van der Waals surface area (Å²) in [5.74, 6) is -0.221. The van der Waals surface area contributed by atoms with Crippen LogP contribution in [0.3, 0.4) is 0 Å². The van der Waals surface area contributed by atoms with E-state index in [1.807, 2.05) is 12.1 Å². The van der Waals surface area contributed by atoms with Gasteiger partial charge in [0.1, 0.15) is 5.82 Å². The SMILES string of the molecule is Cc1cccc(CC(Br)c2cccc(F)c2Br)c1. The smallest absolute Gasteiger partial charge is 0.137 e. The van der Waals surface area contributed by atoms with E-state index in [9.17, 15) is 4.39 Å². The molecule has 0 radical (unpaired) electrons. The molecule has 3 heteroatoms. The van der Waals surface area contributed by atoms with E-state index >= 15 is 0 Å². The van der Waals surface area contributed by atoms with Gasteiger partial charge in [-0.05, 0) is 46.5 Å². The average Bonchev–Trinajstić information content (AvgIpc) is 2.32. The van der Waals surface area contributed by atoms with Gasteiger partial charge in [-0.15, -0.1) is 0 Å². The van der Waals surface area contributed by atoms with Gasteiger partial charge in [0, 0.05) is 4.83 Å². The molecule has 0 spiro atoms. The highest BCUT2D eigenvalue weighted by molar-refractivity contribution is 9.11. The number of hydrogen-bond donors (Lipinski definition) is 0. The van der Waals surface area contributed by atoms with E-state index in [0.29, 0.717) is 4.47 Å². The fraction of sp³-hybridized carbons (Fsp3) is 0.200. The first-order valence-electron chi connectivity index (χ1n) is 5.71. The normalized spacial score (nSPS) is 12.4. The molecule has 18 heavy (non-hydrogen) atoms. The third-order valence-corrected chi connectivity index (χ3v) is 4.47. The van der Waals surface area contributed by atoms with Crippen molar-refractivity contribution in [2.24, 2.45) is 0 Å². The molecule has 0 aliphatic rings. The summed E-state index contributed by atoms with van der Waals surface area (Å²) in [6.45, 7) is 2.07. The third kappa shape index (κ3) is 3.21. The summed E-state index contributed by atoms with van der Waals surface area (Å²) < 4.78 is 14.0. The molecule has 0 N–H and O–H groups in total. The van der Waals surface area contributed by atoms with Crippen LogP contribution in [0.1, 0.15) is 21.5 Å². The number of hydrogen-bond acceptors (Lipinski definition) is 0. The highest BCUT2D eigenvalue weighted by atomic mass is 79.9. The zero-order valence-corrected chi connectivity index (χ0v) is 13.1. The molecular formula is C15H13Br2F. The van der Waals surface area contributed by atoms with Crippen LogP contribution in [0, 0.1) is 12.7 Å². The third-order valence-electron chi connectivity index (χ3n) is 2.82. The zero-order chi connectivity index (χ0) is 13.1. The molecule has 1 unspecified atom stereocenters. The molecule has 0 nitrogen and oxygen atoms in total. The molecule has 0 fully saturated rings. The van der Waals surface area contributed by atoms with Gasteiger partial charge in [-0.2, -0.15) is 0 Å². The van der Waals surface area contributed by atoms with Crippen molar-refractivity contribution in [1.29, 1.82) is 0 Å². The molecule has 2 rings (SSSR count). The van der Waals surface area contributed by atoms with E-state index in [-0.39, 0.29) is 10.6 Å². The molecule has 2 aromatic carbocycles. The van der Waals surface area contributed by atoms with Crippen LogP contribution in [-0.2, 0) is 6.42 Å². The van der Waals surface area contributed by atoms with Crippen LogP contribution >= 0.6 is 31.9 Å². The fourth-order valence-corrected chi connectivity index (χ4v) is 3.52. The molecule has 0 bridgehead atoms. The Balaban J connectivity index is 2.22. The van der Waals surface area contributed by atoms with E-state index in [4.69, 9.17) is 0 Å². The molecule has 94 valence electrons. The standard InChI is InChI=1S/C15H13Br2F/c1-10-4-2-5-11(8-10)9-13(16)12-6-3-7-14(18)15(12)17/h2-8,13H,9H2,1H3. The van der Waals surface area contributed by atoms with Gasteiger partial charge in [0.15, 0.2) is 0 Å². The summed E-state index contributed by atoms with van der Waals surface area (Å²) in [7, 11) is 0. The Bertz CT molecular complexity index is 552. The summed E-state index contributed by atoms with van der Waals surface area (Å²) in [5.41, 5.74) is 3.43. The number of benzene rings is 2. The van der Waals surface area contributed by atoms with Crippen LogP contribution in [0.5, 0.6) is 0 Å². The van der Waals surface area contributed by atoms with E-state index in [1.165, 1.54) is 17.2 Å². The van der Waals surface area contributed by atoms with Crippen LogP contribution in [0.2, 0.25) is 0 Å². The first-order valence-corrected chi connectivity index (χ1v) is 7.42. The topological polar surface area (TPSA) is 0 Å². The van der Waals surface area contributed by atoms with E-state index in [0.717, 1.165) is 12.0 Å². The lowest BCUT2D eigenvalue weighted by molar-refractivity contribution is 0.617. The average molecular weight is 372 g/mol. The van der Waals surface area contributed by atoms with Gasteiger partial charge in [0.2, 0.25) is 0 Å². The van der Waals surface area contributed by atoms with Gasteiger partial charge in [-0.25, -0.2) is 4.39 Å². The molecular weight excluding hydrogens is 359 g/mol. The van der Waals surface area contributed by atoms with Gasteiger partial charge in [0.25, 0.3) is 0 Å². The van der Waals surface area contributed by atoms with Crippen molar-refractivity contribution in [3.05, 3.63) is 69.4 Å². The van der Waals surface area contributed by atoms with Crippen molar-refractivity contribution in [2.45, 2.75) is 18.2 Å². The molecule has 0 aromatic heterocycles. The lowest BCUT2D eigenvalue weighted by atomic mass is 10.0. The molecule has 0 saturated heterocycles. The van der Waals surface area contributed by atoms with E-state index in [1.54, 1.807) is 6.07 Å². The zero-order valence-electron chi connectivity index (χ0n) is 9.96. The maximum atomic E-state index is 13.5. The van der Waals surface area contributed by atoms with Crippen molar-refractivity contribution in [1.82, 2.24) is 0 Å². The lowest BCUT2D eigenvalue weighted by Crippen LogP contribution is -1.98. The predicted octanol–water partition coefficient (Wildman–Crippen LogP) is 5.58. The number of rotatable bonds is 3. The van der Waals surface area contributed by atoms with Crippen molar-refractivity contribution < 1.29 is 4.39 Å². The number of halogens is 3. The minimum absolute atomic E-state index is 0.101. The van der Waals surface area contributed by atoms with Gasteiger partial charge in [0.05, 0.1) is 4.47 Å². The van der Waals surface area contributed by atoms with Gasteiger partial charge in [-0.1, -0.05) is 57.9 Å². The van der Waals surface area contributed by atoms with Gasteiger partial charge in [-0.3, -0.25) is 0 Å². The Morgan fingerprint density at radius 3 is 2.61 bits per heavy atom. The number of alkyl halides is 1. The Labute approximate surface area is 123 Å². The molecule has 0 amide bonds. The minimum atomic E-state index is -0.221. The van der Waals surface area contributed by atoms with Crippen molar-refractivity contribution in [3.63, 3.8) is 0 Å². The molecule has 2 aromatic rings. The summed E-state index contributed by atoms with van der Waals surface area (Å²) in [6.07, 6.45) is 0.837. The Kier molecular flexibility index (Phi) is 4.57. The Morgan fingerprint density at radius 2 is 1.89 bits per heavy atom. The lowest BCUT2D eigenvalue weighted by Gasteiger charge is -2.13. The van der Waals surface area contributed by atoms with Crippen molar-refractivity contribution >= 4 is 31.9 Å². The highest BCUT2D eigenvalue weighted by Gasteiger charge is 2.14. The molecule has 0 heterocycles. The monoisotopic (exact) mass is 370 g/mol. The van der Waals surface area contributed by atoms with Crippen LogP contribution < -0.4 is 0 Å². The Morgan fingerprint density at radius 1 is 1.17 bits per heavy atom. The van der Waals surface area contributed by atoms with E-state index in [2.05, 4.69) is 57.0 Å². The molecule has 0 saturated carbocycles. The van der Waals surface area contributed by atoms with Crippen LogP contribution in [-0.4, -0.2) is 0 Å². The van der Waals surface area contributed by atoms with Gasteiger partial charge >= 0.3 is 0 Å². The van der Waals surface area contributed by atoms with Crippen molar-refractivity contribution in [2.75, 3.05) is 0 Å². The van der Waals surface area contributed by atoms with Gasteiger partial charge < -0.3 is 0 Å². The fourth-order valence-electron chi connectivity index (χ4n) is 1.92. The summed E-state index contributed by atoms with van der Waals surface area (Å²) in [6, 6.07) is 13.5. The molecule has 0 aliphatic heterocycles. The highest BCUT2D eigenvalue weighted by Crippen LogP contribution is 2.33. The van der Waals surface area contributed by atoms with Crippen LogP contribution in [0.15, 0.2) is 46.9 Å². The second kappa shape index (κ2) is 5.98. The second-order valence-electron chi connectivity index (χ2n) is 4.30. The summed E-state index contributed by atoms with van der Waals surface area (Å²) in [5, 5.41) is 0. The van der Waals surface area contributed by atoms with Crippen molar-refractivity contribution in [3.8, 4) is 0 Å². The second-order valence-corrected chi connectivity index (χ2v) is 6.20. The molecule has 0 aliphatic carbocycles. The maximum Gasteiger partial charge on any atom is 0.137 e. The molecule has 1 atom stereocenters. The summed E-state index contributed by atoms with van der Waals surface area (Å²) in [4.78, 5) is 0.101.